The van der Waals surface area contributed by atoms with Gasteiger partial charge in [-0.1, -0.05) is 60.1 Å². The molecule has 1 amide bonds. The number of hydrogen-bond acceptors (Lipinski definition) is 5. The van der Waals surface area contributed by atoms with Gasteiger partial charge in [0, 0.05) is 17.5 Å². The van der Waals surface area contributed by atoms with Crippen molar-refractivity contribution in [1.29, 1.82) is 0 Å². The van der Waals surface area contributed by atoms with E-state index in [4.69, 9.17) is 16.3 Å². The topological polar surface area (TPSA) is 59.5 Å². The van der Waals surface area contributed by atoms with Crippen LogP contribution in [0.4, 0.5) is 0 Å². The first-order valence-electron chi connectivity index (χ1n) is 10.9. The second-order valence-electron chi connectivity index (χ2n) is 8.89. The summed E-state index contributed by atoms with van der Waals surface area (Å²) in [5.74, 6) is -0.822. The number of amides is 1. The normalized spacial score (nSPS) is 11.4. The van der Waals surface area contributed by atoms with Crippen molar-refractivity contribution >= 4 is 45.7 Å². The maximum Gasteiger partial charge on any atom is 0.339 e. The van der Waals surface area contributed by atoms with Crippen LogP contribution in [-0.4, -0.2) is 33.9 Å². The summed E-state index contributed by atoms with van der Waals surface area (Å²) in [6, 6.07) is 22.5. The van der Waals surface area contributed by atoms with E-state index in [1.807, 2.05) is 81.4 Å². The highest BCUT2D eigenvalue weighted by molar-refractivity contribution is 7.19. The van der Waals surface area contributed by atoms with Crippen LogP contribution in [0, 0.1) is 0 Å². The molecule has 0 unspecified atom stereocenters. The molecule has 2 aromatic carbocycles. The molecule has 0 spiro atoms. The zero-order valence-corrected chi connectivity index (χ0v) is 20.8. The summed E-state index contributed by atoms with van der Waals surface area (Å²) in [6.07, 6.45) is 0. The predicted molar refractivity (Wildman–Crippen MR) is 137 cm³/mol. The number of para-hydroxylation sites is 1. The minimum absolute atomic E-state index is 0.256. The number of ether oxygens (including phenoxy) is 1. The van der Waals surface area contributed by atoms with Crippen LogP contribution in [0.25, 0.3) is 21.5 Å². The third kappa shape index (κ3) is 5.46. The number of hydrogen-bond donors (Lipinski definition) is 0. The van der Waals surface area contributed by atoms with Gasteiger partial charge < -0.3 is 9.64 Å². The molecule has 0 saturated heterocycles. The molecule has 0 aliphatic rings. The van der Waals surface area contributed by atoms with Crippen LogP contribution < -0.4 is 0 Å². The van der Waals surface area contributed by atoms with Crippen molar-refractivity contribution in [2.45, 2.75) is 32.9 Å². The molecular formula is C27H25ClN2O3S. The van der Waals surface area contributed by atoms with Gasteiger partial charge >= 0.3 is 5.97 Å². The van der Waals surface area contributed by atoms with Gasteiger partial charge in [-0.15, -0.1) is 11.3 Å². The zero-order valence-electron chi connectivity index (χ0n) is 19.2. The number of aromatic nitrogens is 1. The van der Waals surface area contributed by atoms with Crippen LogP contribution >= 0.6 is 22.9 Å². The lowest BCUT2D eigenvalue weighted by Crippen LogP contribution is -2.46. The van der Waals surface area contributed by atoms with Crippen molar-refractivity contribution in [3.63, 3.8) is 0 Å². The van der Waals surface area contributed by atoms with E-state index in [2.05, 4.69) is 4.98 Å². The van der Waals surface area contributed by atoms with Gasteiger partial charge in [-0.25, -0.2) is 9.78 Å². The largest absolute Gasteiger partial charge is 0.452 e. The van der Waals surface area contributed by atoms with Crippen LogP contribution in [-0.2, 0) is 16.1 Å². The molecule has 0 radical (unpaired) electrons. The Morgan fingerprint density at radius 1 is 1.00 bits per heavy atom. The molecule has 0 N–H and O–H groups in total. The number of carbonyl (C=O) groups is 2. The number of pyridine rings is 1. The molecule has 0 aliphatic heterocycles. The van der Waals surface area contributed by atoms with E-state index in [1.165, 1.54) is 11.3 Å². The van der Waals surface area contributed by atoms with Gasteiger partial charge in [0.2, 0.25) is 0 Å². The number of carbonyl (C=O) groups excluding carboxylic acids is 2. The highest BCUT2D eigenvalue weighted by Crippen LogP contribution is 2.32. The molecular weight excluding hydrogens is 468 g/mol. The average molecular weight is 493 g/mol. The number of rotatable bonds is 6. The highest BCUT2D eigenvalue weighted by Gasteiger charge is 2.28. The number of thiophene rings is 1. The summed E-state index contributed by atoms with van der Waals surface area (Å²) in [7, 11) is 0. The Morgan fingerprint density at radius 2 is 1.71 bits per heavy atom. The fourth-order valence-electron chi connectivity index (χ4n) is 3.67. The summed E-state index contributed by atoms with van der Waals surface area (Å²) in [6.45, 7) is 5.97. The average Bonchev–Trinajstić information content (AvgIpc) is 3.26. The molecule has 0 saturated carbocycles. The van der Waals surface area contributed by atoms with E-state index in [0.29, 0.717) is 33.0 Å². The Bertz CT molecular complexity index is 1330. The van der Waals surface area contributed by atoms with E-state index in [9.17, 15) is 9.59 Å². The minimum atomic E-state index is -0.565. The SMILES string of the molecule is CC(C)(C)N(Cc1ccccc1)C(=O)COC(=O)c1cc(-c2ccc(Cl)s2)nc2ccccc12. The first-order valence-corrected chi connectivity index (χ1v) is 12.1. The third-order valence-corrected chi connectivity index (χ3v) is 6.64. The van der Waals surface area contributed by atoms with Gasteiger partial charge in [-0.2, -0.15) is 0 Å². The lowest BCUT2D eigenvalue weighted by Gasteiger charge is -2.35. The fourth-order valence-corrected chi connectivity index (χ4v) is 4.67. The molecule has 174 valence electrons. The first kappa shape index (κ1) is 23.9. The fraction of sp³-hybridized carbons (Fsp3) is 0.222. The van der Waals surface area contributed by atoms with Gasteiger partial charge in [0.25, 0.3) is 5.91 Å². The molecule has 4 rings (SSSR count). The Kier molecular flexibility index (Phi) is 7.00. The summed E-state index contributed by atoms with van der Waals surface area (Å²) < 4.78 is 6.17. The zero-order chi connectivity index (χ0) is 24.3. The molecule has 0 bridgehead atoms. The van der Waals surface area contributed by atoms with Crippen LogP contribution in [0.5, 0.6) is 0 Å². The van der Waals surface area contributed by atoms with Gasteiger partial charge in [0.15, 0.2) is 6.61 Å². The summed E-state index contributed by atoms with van der Waals surface area (Å²) in [4.78, 5) is 33.5. The lowest BCUT2D eigenvalue weighted by atomic mass is 10.0. The van der Waals surface area contributed by atoms with Crippen molar-refractivity contribution in [3.8, 4) is 10.6 Å². The van der Waals surface area contributed by atoms with Crippen LogP contribution in [0.3, 0.4) is 0 Å². The van der Waals surface area contributed by atoms with Crippen molar-refractivity contribution in [2.75, 3.05) is 6.61 Å². The second kappa shape index (κ2) is 9.95. The summed E-state index contributed by atoms with van der Waals surface area (Å²) >= 11 is 7.48. The molecule has 2 heterocycles. The van der Waals surface area contributed by atoms with Gasteiger partial charge in [0.1, 0.15) is 0 Å². The molecule has 2 aromatic heterocycles. The van der Waals surface area contributed by atoms with Crippen molar-refractivity contribution in [3.05, 3.63) is 88.3 Å². The number of benzene rings is 2. The number of halogens is 1. The third-order valence-electron chi connectivity index (χ3n) is 5.38. The van der Waals surface area contributed by atoms with E-state index in [1.54, 1.807) is 17.0 Å². The lowest BCUT2D eigenvalue weighted by molar-refractivity contribution is -0.140. The first-order chi connectivity index (χ1) is 16.2. The molecule has 5 nitrogen and oxygen atoms in total. The van der Waals surface area contributed by atoms with Crippen molar-refractivity contribution in [2.24, 2.45) is 0 Å². The molecule has 34 heavy (non-hydrogen) atoms. The van der Waals surface area contributed by atoms with Crippen LogP contribution in [0.2, 0.25) is 4.34 Å². The number of fused-ring (bicyclic) bond motifs is 1. The molecule has 7 heteroatoms. The Morgan fingerprint density at radius 3 is 2.38 bits per heavy atom. The summed E-state index contributed by atoms with van der Waals surface area (Å²) in [5, 5.41) is 0.670. The number of esters is 1. The monoisotopic (exact) mass is 492 g/mol. The smallest absolute Gasteiger partial charge is 0.339 e. The predicted octanol–water partition coefficient (Wildman–Crippen LogP) is 6.60. The van der Waals surface area contributed by atoms with Crippen LogP contribution in [0.15, 0.2) is 72.8 Å². The Labute approximate surface area is 208 Å². The molecule has 0 atom stereocenters. The second-order valence-corrected chi connectivity index (χ2v) is 10.6. The molecule has 4 aromatic rings. The summed E-state index contributed by atoms with van der Waals surface area (Å²) in [5.41, 5.74) is 2.24. The van der Waals surface area contributed by atoms with Gasteiger partial charge in [-0.3, -0.25) is 4.79 Å². The highest BCUT2D eigenvalue weighted by atomic mass is 35.5. The minimum Gasteiger partial charge on any atom is -0.452 e. The van der Waals surface area contributed by atoms with E-state index < -0.39 is 11.5 Å². The van der Waals surface area contributed by atoms with E-state index in [0.717, 1.165) is 10.4 Å². The standard InChI is InChI=1S/C27H25ClN2O3S/c1-27(2,3)30(16-18-9-5-4-6-10-18)25(31)17-33-26(32)20-15-22(23-13-14-24(28)34-23)29-21-12-8-7-11-19(20)21/h4-15H,16-17H2,1-3H3. The van der Waals surface area contributed by atoms with E-state index >= 15 is 0 Å². The number of nitrogens with zero attached hydrogens (tertiary/aromatic N) is 2. The molecule has 0 fully saturated rings. The van der Waals surface area contributed by atoms with Crippen LogP contribution in [0.1, 0.15) is 36.7 Å². The molecule has 0 aliphatic carbocycles. The van der Waals surface area contributed by atoms with Gasteiger partial charge in [-0.05, 0) is 50.6 Å². The quantitative estimate of drug-likeness (QED) is 0.284. The Hall–Kier alpha value is -3.22. The van der Waals surface area contributed by atoms with Crippen molar-refractivity contribution < 1.29 is 14.3 Å². The van der Waals surface area contributed by atoms with E-state index in [-0.39, 0.29) is 12.5 Å². The Balaban J connectivity index is 1.57. The van der Waals surface area contributed by atoms with Crippen molar-refractivity contribution in [1.82, 2.24) is 9.88 Å². The maximum atomic E-state index is 13.1. The maximum absolute atomic E-state index is 13.1. The van der Waals surface area contributed by atoms with Gasteiger partial charge in [0.05, 0.1) is 26.0 Å².